The van der Waals surface area contributed by atoms with Crippen molar-refractivity contribution in [1.82, 2.24) is 0 Å². The van der Waals surface area contributed by atoms with Gasteiger partial charge in [0.15, 0.2) is 0 Å². The normalized spacial score (nSPS) is 15.5. The van der Waals surface area contributed by atoms with E-state index in [0.29, 0.717) is 0 Å². The molecule has 1 aliphatic rings. The van der Waals surface area contributed by atoms with Crippen molar-refractivity contribution in [2.45, 2.75) is 26.2 Å². The van der Waals surface area contributed by atoms with E-state index in [1.807, 2.05) is 19.1 Å². The van der Waals surface area contributed by atoms with Crippen LogP contribution >= 0.6 is 0 Å². The van der Waals surface area contributed by atoms with Crippen molar-refractivity contribution in [3.05, 3.63) is 23.8 Å². The summed E-state index contributed by atoms with van der Waals surface area (Å²) in [6.07, 6.45) is 4.13. The minimum Gasteiger partial charge on any atom is -0.397 e. The average molecular weight is 190 g/mol. The number of para-hydroxylation sites is 1. The van der Waals surface area contributed by atoms with Gasteiger partial charge in [0, 0.05) is 6.54 Å². The van der Waals surface area contributed by atoms with Crippen LogP contribution in [0.4, 0.5) is 11.4 Å². The fourth-order valence-electron chi connectivity index (χ4n) is 1.65. The lowest BCUT2D eigenvalue weighted by Gasteiger charge is -2.10. The largest absolute Gasteiger partial charge is 0.397 e. The Morgan fingerprint density at radius 2 is 2.21 bits per heavy atom. The average Bonchev–Trinajstić information content (AvgIpc) is 2.96. The van der Waals surface area contributed by atoms with Gasteiger partial charge < -0.3 is 11.1 Å². The van der Waals surface area contributed by atoms with Gasteiger partial charge in [-0.2, -0.15) is 0 Å². The molecule has 2 nitrogen and oxygen atoms in total. The number of nitrogens with two attached hydrogens (primary N) is 1. The summed E-state index contributed by atoms with van der Waals surface area (Å²) >= 11 is 0. The van der Waals surface area contributed by atoms with E-state index in [1.54, 1.807) is 0 Å². The molecule has 0 heterocycles. The number of nitrogens with one attached hydrogen (secondary N) is 1. The molecule has 1 saturated carbocycles. The van der Waals surface area contributed by atoms with E-state index >= 15 is 0 Å². The first-order valence-electron chi connectivity index (χ1n) is 5.36. The standard InChI is InChI=1S/C12H18N2/c1-9-3-2-4-11(12(9)13)14-8-7-10-5-6-10/h2-4,10,14H,5-8,13H2,1H3. The first kappa shape index (κ1) is 9.38. The van der Waals surface area contributed by atoms with E-state index in [9.17, 15) is 0 Å². The topological polar surface area (TPSA) is 38.0 Å². The molecule has 2 rings (SSSR count). The van der Waals surface area contributed by atoms with Gasteiger partial charge in [-0.1, -0.05) is 25.0 Å². The van der Waals surface area contributed by atoms with Gasteiger partial charge in [0.05, 0.1) is 11.4 Å². The molecule has 2 heteroatoms. The predicted molar refractivity (Wildman–Crippen MR) is 61.4 cm³/mol. The maximum Gasteiger partial charge on any atom is 0.0579 e. The zero-order chi connectivity index (χ0) is 9.97. The van der Waals surface area contributed by atoms with Gasteiger partial charge in [-0.25, -0.2) is 0 Å². The molecule has 0 atom stereocenters. The molecule has 1 aliphatic carbocycles. The molecule has 0 saturated heterocycles. The van der Waals surface area contributed by atoms with E-state index in [-0.39, 0.29) is 0 Å². The number of nitrogen functional groups attached to an aromatic ring is 1. The lowest BCUT2D eigenvalue weighted by Crippen LogP contribution is -2.05. The van der Waals surface area contributed by atoms with E-state index in [1.165, 1.54) is 19.3 Å². The molecule has 0 bridgehead atoms. The molecule has 0 aromatic heterocycles. The van der Waals surface area contributed by atoms with Crippen LogP contribution in [0.15, 0.2) is 18.2 Å². The Kier molecular flexibility index (Phi) is 2.62. The van der Waals surface area contributed by atoms with E-state index < -0.39 is 0 Å². The summed E-state index contributed by atoms with van der Waals surface area (Å²) in [7, 11) is 0. The summed E-state index contributed by atoms with van der Waals surface area (Å²) in [6, 6.07) is 6.14. The molecule has 0 aliphatic heterocycles. The van der Waals surface area contributed by atoms with Crippen LogP contribution in [-0.2, 0) is 0 Å². The van der Waals surface area contributed by atoms with Crippen LogP contribution in [0.25, 0.3) is 0 Å². The van der Waals surface area contributed by atoms with Crippen molar-refractivity contribution in [1.29, 1.82) is 0 Å². The monoisotopic (exact) mass is 190 g/mol. The highest BCUT2D eigenvalue weighted by Gasteiger charge is 2.20. The maximum atomic E-state index is 5.95. The maximum absolute atomic E-state index is 5.95. The Morgan fingerprint density at radius 1 is 1.43 bits per heavy atom. The first-order valence-corrected chi connectivity index (χ1v) is 5.36. The van der Waals surface area contributed by atoms with Crippen molar-refractivity contribution in [2.75, 3.05) is 17.6 Å². The fraction of sp³-hybridized carbons (Fsp3) is 0.500. The number of benzene rings is 1. The molecule has 14 heavy (non-hydrogen) atoms. The lowest BCUT2D eigenvalue weighted by atomic mass is 10.1. The van der Waals surface area contributed by atoms with Crippen molar-refractivity contribution in [3.63, 3.8) is 0 Å². The number of aryl methyl sites for hydroxylation is 1. The second-order valence-electron chi connectivity index (χ2n) is 4.19. The third-order valence-electron chi connectivity index (χ3n) is 2.89. The van der Waals surface area contributed by atoms with Gasteiger partial charge in [-0.05, 0) is 30.9 Å². The molecule has 1 aromatic rings. The van der Waals surface area contributed by atoms with Crippen LogP contribution < -0.4 is 11.1 Å². The fourth-order valence-corrected chi connectivity index (χ4v) is 1.65. The molecule has 0 spiro atoms. The van der Waals surface area contributed by atoms with Crippen LogP contribution in [0.2, 0.25) is 0 Å². The third-order valence-corrected chi connectivity index (χ3v) is 2.89. The molecule has 1 aromatic carbocycles. The molecule has 0 unspecified atom stereocenters. The van der Waals surface area contributed by atoms with Gasteiger partial charge in [0.25, 0.3) is 0 Å². The lowest BCUT2D eigenvalue weighted by molar-refractivity contribution is 0.760. The summed E-state index contributed by atoms with van der Waals surface area (Å²) in [5, 5.41) is 3.40. The predicted octanol–water partition coefficient (Wildman–Crippen LogP) is 2.79. The smallest absolute Gasteiger partial charge is 0.0579 e. The van der Waals surface area contributed by atoms with E-state index in [0.717, 1.165) is 29.4 Å². The highest BCUT2D eigenvalue weighted by atomic mass is 14.9. The Hall–Kier alpha value is -1.18. The molecule has 0 amide bonds. The highest BCUT2D eigenvalue weighted by Crippen LogP contribution is 2.32. The van der Waals surface area contributed by atoms with Gasteiger partial charge in [-0.15, -0.1) is 0 Å². The molecule has 0 radical (unpaired) electrons. The Bertz CT molecular complexity index is 316. The van der Waals surface area contributed by atoms with Gasteiger partial charge in [0.2, 0.25) is 0 Å². The molecule has 1 fully saturated rings. The Morgan fingerprint density at radius 3 is 2.93 bits per heavy atom. The van der Waals surface area contributed by atoms with Gasteiger partial charge >= 0.3 is 0 Å². The van der Waals surface area contributed by atoms with Gasteiger partial charge in [-0.3, -0.25) is 0 Å². The zero-order valence-corrected chi connectivity index (χ0v) is 8.72. The van der Waals surface area contributed by atoms with Crippen LogP contribution in [0.1, 0.15) is 24.8 Å². The molecule has 76 valence electrons. The van der Waals surface area contributed by atoms with Crippen LogP contribution in [0, 0.1) is 12.8 Å². The van der Waals surface area contributed by atoms with E-state index in [2.05, 4.69) is 11.4 Å². The summed E-state index contributed by atoms with van der Waals surface area (Å²) in [5.41, 5.74) is 9.09. The molecular formula is C12H18N2. The summed E-state index contributed by atoms with van der Waals surface area (Å²) < 4.78 is 0. The zero-order valence-electron chi connectivity index (χ0n) is 8.72. The van der Waals surface area contributed by atoms with Crippen LogP contribution in [-0.4, -0.2) is 6.54 Å². The summed E-state index contributed by atoms with van der Waals surface area (Å²) in [5.74, 6) is 0.980. The van der Waals surface area contributed by atoms with Gasteiger partial charge in [0.1, 0.15) is 0 Å². The quantitative estimate of drug-likeness (QED) is 0.716. The first-order chi connectivity index (χ1) is 6.77. The molecule has 3 N–H and O–H groups in total. The van der Waals surface area contributed by atoms with Crippen molar-refractivity contribution in [2.24, 2.45) is 5.92 Å². The van der Waals surface area contributed by atoms with Crippen LogP contribution in [0.5, 0.6) is 0 Å². The minimum atomic E-state index is 0.892. The third kappa shape index (κ3) is 2.19. The highest BCUT2D eigenvalue weighted by molar-refractivity contribution is 5.69. The minimum absolute atomic E-state index is 0.892. The molecular weight excluding hydrogens is 172 g/mol. The number of rotatable bonds is 4. The summed E-state index contributed by atoms with van der Waals surface area (Å²) in [4.78, 5) is 0. The van der Waals surface area contributed by atoms with Crippen molar-refractivity contribution in [3.8, 4) is 0 Å². The van der Waals surface area contributed by atoms with Crippen LogP contribution in [0.3, 0.4) is 0 Å². The van der Waals surface area contributed by atoms with Crippen molar-refractivity contribution < 1.29 is 0 Å². The SMILES string of the molecule is Cc1cccc(NCCC2CC2)c1N. The summed E-state index contributed by atoms with van der Waals surface area (Å²) in [6.45, 7) is 3.10. The van der Waals surface area contributed by atoms with E-state index in [4.69, 9.17) is 5.73 Å². The number of hydrogen-bond donors (Lipinski definition) is 2. The Balaban J connectivity index is 1.90. The second kappa shape index (κ2) is 3.91. The number of hydrogen-bond acceptors (Lipinski definition) is 2. The number of anilines is 2. The second-order valence-corrected chi connectivity index (χ2v) is 4.19. The van der Waals surface area contributed by atoms with Crippen molar-refractivity contribution >= 4 is 11.4 Å². The Labute approximate surface area is 85.5 Å².